The first-order chi connectivity index (χ1) is 9.35. The van der Waals surface area contributed by atoms with Crippen LogP contribution in [-0.4, -0.2) is 13.1 Å². The average Bonchev–Trinajstić information content (AvgIpc) is 2.48. The smallest absolute Gasteiger partial charge is 0.0410 e. The Morgan fingerprint density at radius 3 is 2.05 bits per heavy atom. The topological polar surface area (TPSA) is 15.3 Å². The molecule has 2 rings (SSSR count). The van der Waals surface area contributed by atoms with Crippen molar-refractivity contribution in [2.75, 3.05) is 18.0 Å². The molecule has 2 nitrogen and oxygen atoms in total. The minimum atomic E-state index is 0.939. The number of para-hydroxylation sites is 1. The van der Waals surface area contributed by atoms with Gasteiger partial charge in [0, 0.05) is 24.5 Å². The monoisotopic (exact) mass is 254 g/mol. The van der Waals surface area contributed by atoms with E-state index in [1.165, 1.54) is 16.9 Å². The Kier molecular flexibility index (Phi) is 4.99. The summed E-state index contributed by atoms with van der Waals surface area (Å²) < 4.78 is 0. The van der Waals surface area contributed by atoms with Gasteiger partial charge in [0.1, 0.15) is 0 Å². The average molecular weight is 254 g/mol. The van der Waals surface area contributed by atoms with Crippen molar-refractivity contribution in [2.24, 2.45) is 0 Å². The fourth-order valence-electron chi connectivity index (χ4n) is 2.19. The number of nitrogens with zero attached hydrogens (tertiary/aromatic N) is 1. The lowest BCUT2D eigenvalue weighted by Gasteiger charge is -2.23. The summed E-state index contributed by atoms with van der Waals surface area (Å²) in [6.07, 6.45) is 0. The zero-order valence-corrected chi connectivity index (χ0v) is 11.8. The van der Waals surface area contributed by atoms with E-state index in [0.29, 0.717) is 0 Å². The molecule has 1 N–H and O–H groups in total. The van der Waals surface area contributed by atoms with Gasteiger partial charge in [0.25, 0.3) is 0 Å². The van der Waals surface area contributed by atoms with Gasteiger partial charge in [0.05, 0.1) is 0 Å². The van der Waals surface area contributed by atoms with E-state index >= 15 is 0 Å². The van der Waals surface area contributed by atoms with Crippen LogP contribution >= 0.6 is 0 Å². The van der Waals surface area contributed by atoms with E-state index in [1.807, 2.05) is 0 Å². The second-order valence-electron chi connectivity index (χ2n) is 4.53. The van der Waals surface area contributed by atoms with Crippen LogP contribution in [0.3, 0.4) is 0 Å². The van der Waals surface area contributed by atoms with Crippen molar-refractivity contribution in [1.29, 1.82) is 0 Å². The SMILES string of the molecule is CCNCc1ccc(N(CC)c2ccccc2)cc1. The molecule has 0 unspecified atom stereocenters. The van der Waals surface area contributed by atoms with Crippen molar-refractivity contribution in [3.8, 4) is 0 Å². The number of hydrogen-bond donors (Lipinski definition) is 1. The Bertz CT molecular complexity index is 476. The van der Waals surface area contributed by atoms with Crippen LogP contribution in [-0.2, 0) is 6.54 Å². The van der Waals surface area contributed by atoms with Crippen LogP contribution in [0.25, 0.3) is 0 Å². The van der Waals surface area contributed by atoms with Gasteiger partial charge in [-0.05, 0) is 43.3 Å². The summed E-state index contributed by atoms with van der Waals surface area (Å²) in [5.41, 5.74) is 3.81. The van der Waals surface area contributed by atoms with Gasteiger partial charge in [0.15, 0.2) is 0 Å². The molecule has 2 aromatic rings. The lowest BCUT2D eigenvalue weighted by atomic mass is 10.1. The maximum Gasteiger partial charge on any atom is 0.0410 e. The molecule has 0 amide bonds. The van der Waals surface area contributed by atoms with Gasteiger partial charge < -0.3 is 10.2 Å². The normalized spacial score (nSPS) is 10.4. The molecular weight excluding hydrogens is 232 g/mol. The van der Waals surface area contributed by atoms with E-state index in [0.717, 1.165) is 19.6 Å². The van der Waals surface area contributed by atoms with Crippen molar-refractivity contribution >= 4 is 11.4 Å². The number of rotatable bonds is 6. The zero-order chi connectivity index (χ0) is 13.5. The fourth-order valence-corrected chi connectivity index (χ4v) is 2.19. The van der Waals surface area contributed by atoms with Gasteiger partial charge in [-0.15, -0.1) is 0 Å². The van der Waals surface area contributed by atoms with E-state index in [1.54, 1.807) is 0 Å². The molecule has 0 saturated carbocycles. The second-order valence-corrected chi connectivity index (χ2v) is 4.53. The van der Waals surface area contributed by atoms with Crippen molar-refractivity contribution in [3.63, 3.8) is 0 Å². The predicted octanol–water partition coefficient (Wildman–Crippen LogP) is 3.95. The molecule has 0 atom stereocenters. The first-order valence-corrected chi connectivity index (χ1v) is 6.97. The highest BCUT2D eigenvalue weighted by atomic mass is 15.1. The lowest BCUT2D eigenvalue weighted by Crippen LogP contribution is -2.16. The third-order valence-electron chi connectivity index (χ3n) is 3.21. The van der Waals surface area contributed by atoms with Crippen LogP contribution in [0.2, 0.25) is 0 Å². The van der Waals surface area contributed by atoms with Crippen LogP contribution in [0.4, 0.5) is 11.4 Å². The molecule has 2 heteroatoms. The summed E-state index contributed by atoms with van der Waals surface area (Å²) in [5.74, 6) is 0. The van der Waals surface area contributed by atoms with Crippen molar-refractivity contribution < 1.29 is 0 Å². The minimum absolute atomic E-state index is 0.939. The molecule has 0 aliphatic heterocycles. The molecule has 100 valence electrons. The highest BCUT2D eigenvalue weighted by Gasteiger charge is 2.06. The highest BCUT2D eigenvalue weighted by molar-refractivity contribution is 5.63. The Morgan fingerprint density at radius 2 is 1.47 bits per heavy atom. The summed E-state index contributed by atoms with van der Waals surface area (Å²) in [6.45, 7) is 7.22. The molecule has 0 aromatic heterocycles. The van der Waals surface area contributed by atoms with Gasteiger partial charge >= 0.3 is 0 Å². The third kappa shape index (κ3) is 3.58. The molecule has 0 saturated heterocycles. The summed E-state index contributed by atoms with van der Waals surface area (Å²) in [6, 6.07) is 19.3. The van der Waals surface area contributed by atoms with E-state index < -0.39 is 0 Å². The van der Waals surface area contributed by atoms with Crippen LogP contribution < -0.4 is 10.2 Å². The first kappa shape index (κ1) is 13.6. The summed E-state index contributed by atoms with van der Waals surface area (Å²) in [4.78, 5) is 2.32. The second kappa shape index (κ2) is 6.95. The quantitative estimate of drug-likeness (QED) is 0.839. The largest absolute Gasteiger partial charge is 0.342 e. The number of hydrogen-bond acceptors (Lipinski definition) is 2. The zero-order valence-electron chi connectivity index (χ0n) is 11.8. The number of anilines is 2. The summed E-state index contributed by atoms with van der Waals surface area (Å²) in [5, 5.41) is 3.35. The van der Waals surface area contributed by atoms with Crippen LogP contribution in [0, 0.1) is 0 Å². The Morgan fingerprint density at radius 1 is 0.842 bits per heavy atom. The van der Waals surface area contributed by atoms with Crippen molar-refractivity contribution in [3.05, 3.63) is 60.2 Å². The van der Waals surface area contributed by atoms with Crippen molar-refractivity contribution in [2.45, 2.75) is 20.4 Å². The van der Waals surface area contributed by atoms with Crippen LogP contribution in [0.1, 0.15) is 19.4 Å². The van der Waals surface area contributed by atoms with E-state index in [2.05, 4.69) is 78.7 Å². The molecule has 0 bridgehead atoms. The van der Waals surface area contributed by atoms with E-state index in [4.69, 9.17) is 0 Å². The van der Waals surface area contributed by atoms with E-state index in [-0.39, 0.29) is 0 Å². The molecular formula is C17H22N2. The standard InChI is InChI=1S/C17H22N2/c1-3-18-14-15-10-12-17(13-11-15)19(4-2)16-8-6-5-7-9-16/h5-13,18H,3-4,14H2,1-2H3. The van der Waals surface area contributed by atoms with Gasteiger partial charge in [-0.25, -0.2) is 0 Å². The number of nitrogens with one attached hydrogen (secondary N) is 1. The predicted molar refractivity (Wildman–Crippen MR) is 82.9 cm³/mol. The molecule has 19 heavy (non-hydrogen) atoms. The van der Waals surface area contributed by atoms with Crippen LogP contribution in [0.15, 0.2) is 54.6 Å². The minimum Gasteiger partial charge on any atom is -0.342 e. The van der Waals surface area contributed by atoms with E-state index in [9.17, 15) is 0 Å². The van der Waals surface area contributed by atoms with Gasteiger partial charge in [-0.1, -0.05) is 37.3 Å². The van der Waals surface area contributed by atoms with Gasteiger partial charge in [0.2, 0.25) is 0 Å². The first-order valence-electron chi connectivity index (χ1n) is 6.97. The molecule has 2 aromatic carbocycles. The fraction of sp³-hybridized carbons (Fsp3) is 0.294. The summed E-state index contributed by atoms with van der Waals surface area (Å²) in [7, 11) is 0. The maximum absolute atomic E-state index is 3.35. The maximum atomic E-state index is 3.35. The molecule has 0 aliphatic carbocycles. The Labute approximate surface area is 116 Å². The Balaban J connectivity index is 2.15. The van der Waals surface area contributed by atoms with Crippen molar-refractivity contribution in [1.82, 2.24) is 5.32 Å². The highest BCUT2D eigenvalue weighted by Crippen LogP contribution is 2.24. The molecule has 0 heterocycles. The molecule has 0 spiro atoms. The summed E-state index contributed by atoms with van der Waals surface area (Å²) >= 11 is 0. The van der Waals surface area contributed by atoms with Gasteiger partial charge in [-0.3, -0.25) is 0 Å². The number of benzene rings is 2. The van der Waals surface area contributed by atoms with Crippen LogP contribution in [0.5, 0.6) is 0 Å². The third-order valence-corrected chi connectivity index (χ3v) is 3.21. The molecule has 0 radical (unpaired) electrons. The van der Waals surface area contributed by atoms with Gasteiger partial charge in [-0.2, -0.15) is 0 Å². The molecule has 0 fully saturated rings. The Hall–Kier alpha value is -1.80. The molecule has 0 aliphatic rings. The lowest BCUT2D eigenvalue weighted by molar-refractivity contribution is 0.727.